The lowest BCUT2D eigenvalue weighted by Gasteiger charge is -2.18. The zero-order valence-corrected chi connectivity index (χ0v) is 12.2. The smallest absolute Gasteiger partial charge is 0.221 e. The average molecular weight is 296 g/mol. The van der Waals surface area contributed by atoms with Crippen molar-refractivity contribution >= 4 is 28.8 Å². The van der Waals surface area contributed by atoms with Gasteiger partial charge >= 0.3 is 0 Å². The van der Waals surface area contributed by atoms with Crippen LogP contribution in [-0.4, -0.2) is 16.9 Å². The molecule has 0 radical (unpaired) electrons. The maximum atomic E-state index is 11.8. The fraction of sp³-hybridized carbons (Fsp3) is 0.176. The molecule has 1 aliphatic rings. The number of aryl methyl sites for hydroxylation is 1. The van der Waals surface area contributed by atoms with Crippen molar-refractivity contribution in [2.24, 2.45) is 0 Å². The number of carbonyl (C=O) groups is 2. The Bertz CT molecular complexity index is 738. The number of fused-ring (bicyclic) bond motifs is 1. The van der Waals surface area contributed by atoms with Gasteiger partial charge in [-0.3, -0.25) is 14.8 Å². The van der Waals surface area contributed by atoms with Crippen LogP contribution >= 0.6 is 0 Å². The Kier molecular flexibility index (Phi) is 3.65. The van der Waals surface area contributed by atoms with E-state index in [4.69, 9.17) is 0 Å². The SMILES string of the molecule is CC(=O)Nc1ccc(N(O)c2ccc3c(c2)C(=O)CC3)cc1. The maximum absolute atomic E-state index is 11.8. The van der Waals surface area contributed by atoms with E-state index in [0.29, 0.717) is 29.0 Å². The lowest BCUT2D eigenvalue weighted by molar-refractivity contribution is -0.114. The predicted octanol–water partition coefficient (Wildman–Crippen LogP) is 3.30. The van der Waals surface area contributed by atoms with Crippen LogP contribution in [0.3, 0.4) is 0 Å². The van der Waals surface area contributed by atoms with Gasteiger partial charge < -0.3 is 5.32 Å². The summed E-state index contributed by atoms with van der Waals surface area (Å²) in [6.07, 6.45) is 1.31. The highest BCUT2D eigenvalue weighted by Gasteiger charge is 2.20. The minimum absolute atomic E-state index is 0.117. The third-order valence-corrected chi connectivity index (χ3v) is 3.69. The molecule has 2 N–H and O–H groups in total. The van der Waals surface area contributed by atoms with Crippen molar-refractivity contribution in [1.82, 2.24) is 0 Å². The van der Waals surface area contributed by atoms with Gasteiger partial charge in [0.2, 0.25) is 5.91 Å². The Morgan fingerprint density at radius 2 is 1.77 bits per heavy atom. The molecule has 1 amide bonds. The molecule has 0 unspecified atom stereocenters. The molecule has 1 aliphatic carbocycles. The minimum Gasteiger partial charge on any atom is -0.326 e. The summed E-state index contributed by atoms with van der Waals surface area (Å²) in [7, 11) is 0. The molecule has 0 atom stereocenters. The van der Waals surface area contributed by atoms with Crippen LogP contribution in [0.4, 0.5) is 17.1 Å². The van der Waals surface area contributed by atoms with Gasteiger partial charge in [-0.2, -0.15) is 0 Å². The second-order valence-corrected chi connectivity index (χ2v) is 5.30. The number of rotatable bonds is 3. The molecular weight excluding hydrogens is 280 g/mol. The molecule has 2 aromatic rings. The molecule has 0 bridgehead atoms. The lowest BCUT2D eigenvalue weighted by atomic mass is 10.1. The first kappa shape index (κ1) is 14.3. The summed E-state index contributed by atoms with van der Waals surface area (Å²) >= 11 is 0. The van der Waals surface area contributed by atoms with Gasteiger partial charge in [0.15, 0.2) is 5.78 Å². The van der Waals surface area contributed by atoms with Crippen LogP contribution in [0.2, 0.25) is 0 Å². The Morgan fingerprint density at radius 1 is 1.09 bits per heavy atom. The number of amides is 1. The van der Waals surface area contributed by atoms with Crippen molar-refractivity contribution in [2.75, 3.05) is 10.4 Å². The zero-order chi connectivity index (χ0) is 15.7. The second kappa shape index (κ2) is 5.61. The van der Waals surface area contributed by atoms with Gasteiger partial charge in [0, 0.05) is 24.6 Å². The van der Waals surface area contributed by atoms with E-state index < -0.39 is 0 Å². The third-order valence-electron chi connectivity index (χ3n) is 3.69. The quantitative estimate of drug-likeness (QED) is 0.853. The number of anilines is 3. The zero-order valence-electron chi connectivity index (χ0n) is 12.2. The van der Waals surface area contributed by atoms with Gasteiger partial charge in [-0.15, -0.1) is 0 Å². The second-order valence-electron chi connectivity index (χ2n) is 5.30. The number of nitrogens with one attached hydrogen (secondary N) is 1. The Morgan fingerprint density at radius 3 is 2.45 bits per heavy atom. The molecular formula is C17H16N2O3. The first-order valence-corrected chi connectivity index (χ1v) is 7.07. The molecule has 5 nitrogen and oxygen atoms in total. The number of carbonyl (C=O) groups excluding carboxylic acids is 2. The average Bonchev–Trinajstić information content (AvgIpc) is 2.88. The first-order valence-electron chi connectivity index (χ1n) is 7.07. The fourth-order valence-electron chi connectivity index (χ4n) is 2.59. The minimum atomic E-state index is -0.147. The predicted molar refractivity (Wildman–Crippen MR) is 83.8 cm³/mol. The summed E-state index contributed by atoms with van der Waals surface area (Å²) in [4.78, 5) is 22.8. The highest BCUT2D eigenvalue weighted by molar-refractivity contribution is 6.01. The molecule has 0 saturated heterocycles. The Labute approximate surface area is 128 Å². The van der Waals surface area contributed by atoms with Crippen molar-refractivity contribution in [3.05, 3.63) is 53.6 Å². The van der Waals surface area contributed by atoms with Crippen LogP contribution in [0.1, 0.15) is 29.3 Å². The van der Waals surface area contributed by atoms with Crippen molar-refractivity contribution in [3.63, 3.8) is 0 Å². The number of benzene rings is 2. The van der Waals surface area contributed by atoms with Crippen molar-refractivity contribution in [3.8, 4) is 0 Å². The molecule has 0 aliphatic heterocycles. The first-order chi connectivity index (χ1) is 10.5. The van der Waals surface area contributed by atoms with E-state index in [9.17, 15) is 14.8 Å². The lowest BCUT2D eigenvalue weighted by Crippen LogP contribution is -2.11. The standard InChI is InChI=1S/C17H16N2O3/c1-11(20)18-13-4-7-14(8-5-13)19(22)15-6-2-12-3-9-17(21)16(12)10-15/h2,4-8,10,22H,3,9H2,1H3,(H,18,20). The van der Waals surface area contributed by atoms with Gasteiger partial charge in [-0.1, -0.05) is 6.07 Å². The molecule has 22 heavy (non-hydrogen) atoms. The van der Waals surface area contributed by atoms with Gasteiger partial charge in [0.05, 0.1) is 11.4 Å². The molecule has 5 heteroatoms. The summed E-state index contributed by atoms with van der Waals surface area (Å²) in [5, 5.41) is 14.0. The Hall–Kier alpha value is -2.66. The summed E-state index contributed by atoms with van der Waals surface area (Å²) in [6, 6.07) is 12.2. The number of hydrogen-bond acceptors (Lipinski definition) is 4. The normalized spacial score (nSPS) is 12.9. The van der Waals surface area contributed by atoms with Gasteiger partial charge in [0.1, 0.15) is 0 Å². The monoisotopic (exact) mass is 296 g/mol. The van der Waals surface area contributed by atoms with Crippen LogP contribution in [-0.2, 0) is 11.2 Å². The van der Waals surface area contributed by atoms with E-state index in [1.807, 2.05) is 6.07 Å². The summed E-state index contributed by atoms with van der Waals surface area (Å²) in [5.74, 6) is -0.0306. The highest BCUT2D eigenvalue weighted by Crippen LogP contribution is 2.30. The van der Waals surface area contributed by atoms with E-state index in [-0.39, 0.29) is 11.7 Å². The number of nitrogens with zero attached hydrogens (tertiary/aromatic N) is 1. The fourth-order valence-corrected chi connectivity index (χ4v) is 2.59. The van der Waals surface area contributed by atoms with E-state index in [2.05, 4.69) is 5.32 Å². The van der Waals surface area contributed by atoms with Crippen LogP contribution in [0, 0.1) is 0 Å². The molecule has 112 valence electrons. The number of ketones is 1. The maximum Gasteiger partial charge on any atom is 0.221 e. The number of Topliss-reactive ketones (excluding diaryl/α,β-unsaturated/α-hetero) is 1. The van der Waals surface area contributed by atoms with Crippen molar-refractivity contribution in [2.45, 2.75) is 19.8 Å². The molecule has 2 aromatic carbocycles. The molecule has 0 fully saturated rings. The van der Waals surface area contributed by atoms with Crippen LogP contribution in [0.15, 0.2) is 42.5 Å². The van der Waals surface area contributed by atoms with E-state index in [1.54, 1.807) is 36.4 Å². The summed E-state index contributed by atoms with van der Waals surface area (Å²) in [6.45, 7) is 1.44. The van der Waals surface area contributed by atoms with Gasteiger partial charge in [-0.05, 0) is 48.4 Å². The van der Waals surface area contributed by atoms with E-state index in [1.165, 1.54) is 6.92 Å². The van der Waals surface area contributed by atoms with Crippen LogP contribution < -0.4 is 10.4 Å². The number of hydrogen-bond donors (Lipinski definition) is 2. The van der Waals surface area contributed by atoms with E-state index >= 15 is 0 Å². The van der Waals surface area contributed by atoms with E-state index in [0.717, 1.165) is 17.0 Å². The van der Waals surface area contributed by atoms with Crippen LogP contribution in [0.5, 0.6) is 0 Å². The largest absolute Gasteiger partial charge is 0.326 e. The summed E-state index contributed by atoms with van der Waals surface area (Å²) < 4.78 is 0. The van der Waals surface area contributed by atoms with Gasteiger partial charge in [-0.25, -0.2) is 5.06 Å². The topological polar surface area (TPSA) is 69.6 Å². The Balaban J connectivity index is 1.85. The molecule has 0 heterocycles. The van der Waals surface area contributed by atoms with Gasteiger partial charge in [0.25, 0.3) is 0 Å². The highest BCUT2D eigenvalue weighted by atomic mass is 16.5. The van der Waals surface area contributed by atoms with Crippen molar-refractivity contribution in [1.29, 1.82) is 0 Å². The summed E-state index contributed by atoms with van der Waals surface area (Å²) in [5.41, 5.74) is 3.48. The molecule has 0 spiro atoms. The molecule has 0 saturated carbocycles. The van der Waals surface area contributed by atoms with Crippen LogP contribution in [0.25, 0.3) is 0 Å². The van der Waals surface area contributed by atoms with Crippen molar-refractivity contribution < 1.29 is 14.8 Å². The molecule has 0 aromatic heterocycles. The molecule has 3 rings (SSSR count). The third kappa shape index (κ3) is 2.71.